The summed E-state index contributed by atoms with van der Waals surface area (Å²) in [6.45, 7) is 0.428. The highest BCUT2D eigenvalue weighted by Crippen LogP contribution is 2.25. The molecule has 0 fully saturated rings. The maximum absolute atomic E-state index is 9.80. The Balaban J connectivity index is 1.83. The summed E-state index contributed by atoms with van der Waals surface area (Å²) in [6.07, 6.45) is 3.10. The van der Waals surface area contributed by atoms with E-state index in [-0.39, 0.29) is 11.5 Å². The monoisotopic (exact) mass is 282 g/mol. The number of para-hydroxylation sites is 2. The fourth-order valence-corrected chi connectivity index (χ4v) is 2.05. The predicted molar refractivity (Wildman–Crippen MR) is 78.5 cm³/mol. The van der Waals surface area contributed by atoms with Gasteiger partial charge in [0, 0.05) is 18.2 Å². The number of benzene rings is 2. The summed E-state index contributed by atoms with van der Waals surface area (Å²) >= 11 is 0. The maximum atomic E-state index is 9.80. The summed E-state index contributed by atoms with van der Waals surface area (Å²) in [6, 6.07) is 12.2. The first kappa shape index (κ1) is 13.0. The molecule has 3 aromatic rings. The molecule has 0 amide bonds. The standard InChI is InChI=1S/C15H14N4O2/c20-12-6-5-11(15(21)7-12)8-17-13-3-1-2-4-14(13)19-10-16-9-18-19/h1-7,9-10,17,20-21H,8H2. The van der Waals surface area contributed by atoms with Gasteiger partial charge in [-0.25, -0.2) is 9.67 Å². The molecule has 3 N–H and O–H groups in total. The number of aromatic hydroxyl groups is 2. The van der Waals surface area contributed by atoms with Gasteiger partial charge in [-0.1, -0.05) is 12.1 Å². The third kappa shape index (κ3) is 2.79. The molecular formula is C15H14N4O2. The van der Waals surface area contributed by atoms with Crippen molar-refractivity contribution < 1.29 is 10.2 Å². The molecule has 21 heavy (non-hydrogen) atoms. The van der Waals surface area contributed by atoms with E-state index in [1.165, 1.54) is 12.4 Å². The molecule has 0 spiro atoms. The first-order chi connectivity index (χ1) is 10.2. The Labute approximate surface area is 121 Å². The Morgan fingerprint density at radius 3 is 2.71 bits per heavy atom. The van der Waals surface area contributed by atoms with Crippen molar-refractivity contribution in [2.45, 2.75) is 6.54 Å². The van der Waals surface area contributed by atoms with E-state index >= 15 is 0 Å². The van der Waals surface area contributed by atoms with Crippen LogP contribution in [0.5, 0.6) is 11.5 Å². The van der Waals surface area contributed by atoms with Crippen LogP contribution in [0.3, 0.4) is 0 Å². The summed E-state index contributed by atoms with van der Waals surface area (Å²) < 4.78 is 1.67. The van der Waals surface area contributed by atoms with Gasteiger partial charge < -0.3 is 15.5 Å². The van der Waals surface area contributed by atoms with Crippen LogP contribution in [-0.2, 0) is 6.54 Å². The van der Waals surface area contributed by atoms with Gasteiger partial charge in [0.1, 0.15) is 24.2 Å². The number of phenolic OH excluding ortho intramolecular Hbond substituents is 2. The topological polar surface area (TPSA) is 83.2 Å². The van der Waals surface area contributed by atoms with Crippen molar-refractivity contribution in [1.29, 1.82) is 0 Å². The number of anilines is 1. The summed E-state index contributed by atoms with van der Waals surface area (Å²) in [4.78, 5) is 3.94. The van der Waals surface area contributed by atoms with E-state index in [1.807, 2.05) is 24.3 Å². The van der Waals surface area contributed by atoms with E-state index in [1.54, 1.807) is 23.1 Å². The van der Waals surface area contributed by atoms with E-state index in [4.69, 9.17) is 0 Å². The number of nitrogens with one attached hydrogen (secondary N) is 1. The van der Waals surface area contributed by atoms with Crippen LogP contribution >= 0.6 is 0 Å². The van der Waals surface area contributed by atoms with Crippen LogP contribution in [-0.4, -0.2) is 25.0 Å². The molecule has 2 aromatic carbocycles. The van der Waals surface area contributed by atoms with E-state index in [0.717, 1.165) is 11.4 Å². The molecule has 1 aromatic heterocycles. The zero-order valence-corrected chi connectivity index (χ0v) is 11.1. The number of nitrogens with zero attached hydrogens (tertiary/aromatic N) is 3. The minimum Gasteiger partial charge on any atom is -0.508 e. The molecule has 0 bridgehead atoms. The highest BCUT2D eigenvalue weighted by molar-refractivity contribution is 5.60. The fourth-order valence-electron chi connectivity index (χ4n) is 2.05. The first-order valence-corrected chi connectivity index (χ1v) is 6.43. The van der Waals surface area contributed by atoms with Gasteiger partial charge in [0.25, 0.3) is 0 Å². The lowest BCUT2D eigenvalue weighted by Gasteiger charge is -2.12. The molecule has 0 unspecified atom stereocenters. The van der Waals surface area contributed by atoms with Crippen molar-refractivity contribution in [2.75, 3.05) is 5.32 Å². The number of hydrogen-bond acceptors (Lipinski definition) is 5. The first-order valence-electron chi connectivity index (χ1n) is 6.43. The van der Waals surface area contributed by atoms with Crippen molar-refractivity contribution >= 4 is 5.69 Å². The lowest BCUT2D eigenvalue weighted by atomic mass is 10.2. The molecular weight excluding hydrogens is 268 g/mol. The van der Waals surface area contributed by atoms with Gasteiger partial charge >= 0.3 is 0 Å². The van der Waals surface area contributed by atoms with Gasteiger partial charge in [-0.05, 0) is 24.3 Å². The lowest BCUT2D eigenvalue weighted by molar-refractivity contribution is 0.446. The highest BCUT2D eigenvalue weighted by Gasteiger charge is 2.06. The lowest BCUT2D eigenvalue weighted by Crippen LogP contribution is -2.05. The molecule has 0 saturated carbocycles. The molecule has 0 radical (unpaired) electrons. The van der Waals surface area contributed by atoms with E-state index in [0.29, 0.717) is 12.1 Å². The molecule has 6 nitrogen and oxygen atoms in total. The van der Waals surface area contributed by atoms with E-state index in [2.05, 4.69) is 15.4 Å². The Morgan fingerprint density at radius 2 is 1.95 bits per heavy atom. The molecule has 0 atom stereocenters. The van der Waals surface area contributed by atoms with E-state index < -0.39 is 0 Å². The predicted octanol–water partition coefficient (Wildman–Crippen LogP) is 2.29. The Bertz CT molecular complexity index is 741. The second-order valence-electron chi connectivity index (χ2n) is 4.52. The van der Waals surface area contributed by atoms with Crippen molar-refractivity contribution in [3.05, 3.63) is 60.7 Å². The second kappa shape index (κ2) is 5.54. The number of phenols is 2. The van der Waals surface area contributed by atoms with Gasteiger partial charge in [-0.15, -0.1) is 0 Å². The largest absolute Gasteiger partial charge is 0.508 e. The zero-order valence-electron chi connectivity index (χ0n) is 11.1. The highest BCUT2D eigenvalue weighted by atomic mass is 16.3. The summed E-state index contributed by atoms with van der Waals surface area (Å²) in [7, 11) is 0. The normalized spacial score (nSPS) is 10.5. The van der Waals surface area contributed by atoms with Crippen LogP contribution in [0.4, 0.5) is 5.69 Å². The van der Waals surface area contributed by atoms with Gasteiger partial charge in [0.05, 0.1) is 11.4 Å². The molecule has 6 heteroatoms. The van der Waals surface area contributed by atoms with Crippen LogP contribution in [0.1, 0.15) is 5.56 Å². The summed E-state index contributed by atoms with van der Waals surface area (Å²) in [5.74, 6) is 0.0972. The molecule has 3 rings (SSSR count). The van der Waals surface area contributed by atoms with Crippen molar-refractivity contribution in [1.82, 2.24) is 14.8 Å². The Morgan fingerprint density at radius 1 is 1.10 bits per heavy atom. The molecule has 1 heterocycles. The Kier molecular flexibility index (Phi) is 3.42. The third-order valence-electron chi connectivity index (χ3n) is 3.11. The average molecular weight is 282 g/mol. The molecule has 0 aliphatic carbocycles. The molecule has 0 aliphatic heterocycles. The quantitative estimate of drug-likeness (QED) is 0.684. The van der Waals surface area contributed by atoms with Crippen LogP contribution in [0.25, 0.3) is 5.69 Å². The summed E-state index contributed by atoms with van der Waals surface area (Å²) in [5.41, 5.74) is 2.44. The average Bonchev–Trinajstić information content (AvgIpc) is 3.01. The van der Waals surface area contributed by atoms with Crippen LogP contribution in [0.2, 0.25) is 0 Å². The number of aromatic nitrogens is 3. The summed E-state index contributed by atoms with van der Waals surface area (Å²) in [5, 5.41) is 26.5. The van der Waals surface area contributed by atoms with Crippen molar-refractivity contribution in [3.63, 3.8) is 0 Å². The van der Waals surface area contributed by atoms with Crippen LogP contribution in [0.15, 0.2) is 55.1 Å². The van der Waals surface area contributed by atoms with Gasteiger partial charge in [-0.2, -0.15) is 5.10 Å². The van der Waals surface area contributed by atoms with Crippen molar-refractivity contribution in [3.8, 4) is 17.2 Å². The van der Waals surface area contributed by atoms with Gasteiger partial charge in [-0.3, -0.25) is 0 Å². The fraction of sp³-hybridized carbons (Fsp3) is 0.0667. The molecule has 106 valence electrons. The Hall–Kier alpha value is -3.02. The zero-order chi connectivity index (χ0) is 14.7. The number of hydrogen-bond donors (Lipinski definition) is 3. The van der Waals surface area contributed by atoms with Crippen LogP contribution in [0, 0.1) is 0 Å². The smallest absolute Gasteiger partial charge is 0.138 e. The maximum Gasteiger partial charge on any atom is 0.138 e. The SMILES string of the molecule is Oc1ccc(CNc2ccccc2-n2cncn2)c(O)c1. The minimum atomic E-state index is 0.0410. The third-order valence-corrected chi connectivity index (χ3v) is 3.11. The second-order valence-corrected chi connectivity index (χ2v) is 4.52. The van der Waals surface area contributed by atoms with Gasteiger partial charge in [0.2, 0.25) is 0 Å². The minimum absolute atomic E-state index is 0.0410. The van der Waals surface area contributed by atoms with Gasteiger partial charge in [0.15, 0.2) is 0 Å². The number of rotatable bonds is 4. The van der Waals surface area contributed by atoms with E-state index in [9.17, 15) is 10.2 Å². The molecule has 0 saturated heterocycles. The molecule has 0 aliphatic rings. The van der Waals surface area contributed by atoms with Crippen molar-refractivity contribution in [2.24, 2.45) is 0 Å². The van der Waals surface area contributed by atoms with Crippen LogP contribution < -0.4 is 5.32 Å².